The maximum absolute atomic E-state index is 12.4. The molecule has 0 aliphatic carbocycles. The summed E-state index contributed by atoms with van der Waals surface area (Å²) in [7, 11) is 3.12. The maximum atomic E-state index is 12.4. The quantitative estimate of drug-likeness (QED) is 0.391. The molecule has 0 unspecified atom stereocenters. The van der Waals surface area contributed by atoms with Gasteiger partial charge in [-0.05, 0) is 11.6 Å². The second-order valence-electron chi connectivity index (χ2n) is 4.35. The highest BCUT2D eigenvalue weighted by atomic mass is 16.5. The van der Waals surface area contributed by atoms with Crippen molar-refractivity contribution in [3.8, 4) is 0 Å². The van der Waals surface area contributed by atoms with E-state index in [0.717, 1.165) is 5.56 Å². The Bertz CT molecular complexity index is 462. The Labute approximate surface area is 125 Å². The predicted molar refractivity (Wildman–Crippen MR) is 80.4 cm³/mol. The lowest BCUT2D eigenvalue weighted by Crippen LogP contribution is -2.37. The summed E-state index contributed by atoms with van der Waals surface area (Å²) in [5, 5.41) is 0. The van der Waals surface area contributed by atoms with Gasteiger partial charge in [-0.1, -0.05) is 30.3 Å². The van der Waals surface area contributed by atoms with Crippen LogP contribution in [0.2, 0.25) is 0 Å². The minimum absolute atomic E-state index is 0.00611. The summed E-state index contributed by atoms with van der Waals surface area (Å²) in [5.74, 6) is -0.372. The van der Waals surface area contributed by atoms with Gasteiger partial charge in [-0.25, -0.2) is 0 Å². The predicted octanol–water partition coefficient (Wildman–Crippen LogP) is 1.30. The van der Waals surface area contributed by atoms with Crippen molar-refractivity contribution in [2.75, 3.05) is 40.5 Å². The molecule has 0 aliphatic heterocycles. The van der Waals surface area contributed by atoms with Crippen LogP contribution in [0.25, 0.3) is 6.08 Å². The topological polar surface area (TPSA) is 55.8 Å². The van der Waals surface area contributed by atoms with E-state index in [-0.39, 0.29) is 11.5 Å². The van der Waals surface area contributed by atoms with Gasteiger partial charge in [0.2, 0.25) is 6.29 Å². The Morgan fingerprint density at radius 1 is 1.14 bits per heavy atom. The van der Waals surface area contributed by atoms with Gasteiger partial charge in [-0.3, -0.25) is 9.59 Å². The minimum Gasteiger partial charge on any atom is -0.383 e. The van der Waals surface area contributed by atoms with Crippen molar-refractivity contribution in [1.82, 2.24) is 4.90 Å². The molecule has 113 valence electrons. The summed E-state index contributed by atoms with van der Waals surface area (Å²) in [5.41, 5.74) is 0.774. The van der Waals surface area contributed by atoms with E-state index < -0.39 is 0 Å². The van der Waals surface area contributed by atoms with Crippen molar-refractivity contribution in [3.63, 3.8) is 0 Å². The van der Waals surface area contributed by atoms with Crippen molar-refractivity contribution in [2.24, 2.45) is 0 Å². The Kier molecular flexibility index (Phi) is 8.01. The summed E-state index contributed by atoms with van der Waals surface area (Å²) in [6, 6.07) is 9.18. The van der Waals surface area contributed by atoms with E-state index >= 15 is 0 Å². The van der Waals surface area contributed by atoms with Crippen LogP contribution in [0.15, 0.2) is 35.9 Å². The lowest BCUT2D eigenvalue weighted by atomic mass is 10.1. The van der Waals surface area contributed by atoms with E-state index in [1.54, 1.807) is 20.5 Å². The first-order valence-corrected chi connectivity index (χ1v) is 6.65. The molecule has 0 aliphatic rings. The Morgan fingerprint density at radius 2 is 1.71 bits per heavy atom. The molecule has 0 bridgehead atoms. The van der Waals surface area contributed by atoms with Crippen molar-refractivity contribution < 1.29 is 19.1 Å². The molecule has 1 rings (SSSR count). The third-order valence-corrected chi connectivity index (χ3v) is 2.87. The van der Waals surface area contributed by atoms with Crippen LogP contribution >= 0.6 is 0 Å². The van der Waals surface area contributed by atoms with Gasteiger partial charge >= 0.3 is 0 Å². The largest absolute Gasteiger partial charge is 0.383 e. The van der Waals surface area contributed by atoms with Gasteiger partial charge in [0.25, 0.3) is 5.91 Å². The van der Waals surface area contributed by atoms with Crippen LogP contribution in [0.1, 0.15) is 5.56 Å². The number of benzene rings is 1. The molecule has 0 heterocycles. The van der Waals surface area contributed by atoms with Crippen LogP contribution in [-0.2, 0) is 19.1 Å². The first kappa shape index (κ1) is 17.1. The molecular formula is C16H20NO4. The van der Waals surface area contributed by atoms with Crippen molar-refractivity contribution in [3.05, 3.63) is 41.5 Å². The molecular weight excluding hydrogens is 270 g/mol. The van der Waals surface area contributed by atoms with Crippen LogP contribution in [0, 0.1) is 0 Å². The van der Waals surface area contributed by atoms with Gasteiger partial charge in [-0.15, -0.1) is 0 Å². The molecule has 21 heavy (non-hydrogen) atoms. The molecule has 1 aromatic carbocycles. The second-order valence-corrected chi connectivity index (χ2v) is 4.35. The van der Waals surface area contributed by atoms with E-state index in [0.29, 0.717) is 26.3 Å². The van der Waals surface area contributed by atoms with Crippen molar-refractivity contribution in [1.29, 1.82) is 0 Å². The SMILES string of the molecule is COCCN(CCOC)C(=O)C([C]=O)=Cc1ccccc1. The molecule has 0 atom stereocenters. The second kappa shape index (κ2) is 9.85. The van der Waals surface area contributed by atoms with E-state index in [1.165, 1.54) is 11.0 Å². The minimum atomic E-state index is -0.372. The molecule has 0 spiro atoms. The molecule has 1 radical (unpaired) electrons. The van der Waals surface area contributed by atoms with Crippen LogP contribution in [-0.4, -0.2) is 57.6 Å². The van der Waals surface area contributed by atoms with Gasteiger partial charge in [-0.2, -0.15) is 0 Å². The number of ether oxygens (including phenoxy) is 2. The fourth-order valence-electron chi connectivity index (χ4n) is 1.74. The Balaban J connectivity index is 2.87. The normalized spacial score (nSPS) is 11.2. The highest BCUT2D eigenvalue weighted by molar-refractivity contribution is 6.14. The molecule has 0 fully saturated rings. The zero-order chi connectivity index (χ0) is 15.5. The lowest BCUT2D eigenvalue weighted by Gasteiger charge is -2.21. The van der Waals surface area contributed by atoms with Crippen molar-refractivity contribution >= 4 is 18.3 Å². The molecule has 5 heteroatoms. The van der Waals surface area contributed by atoms with E-state index in [1.807, 2.05) is 30.3 Å². The zero-order valence-corrected chi connectivity index (χ0v) is 12.4. The summed E-state index contributed by atoms with van der Waals surface area (Å²) in [4.78, 5) is 25.0. The first-order valence-electron chi connectivity index (χ1n) is 6.65. The maximum Gasteiger partial charge on any atom is 0.258 e. The molecule has 5 nitrogen and oxygen atoms in total. The number of rotatable bonds is 9. The van der Waals surface area contributed by atoms with E-state index in [9.17, 15) is 9.59 Å². The van der Waals surface area contributed by atoms with E-state index in [4.69, 9.17) is 9.47 Å². The molecule has 0 saturated carbocycles. The number of hydrogen-bond acceptors (Lipinski definition) is 4. The van der Waals surface area contributed by atoms with Crippen molar-refractivity contribution in [2.45, 2.75) is 0 Å². The van der Waals surface area contributed by atoms with Gasteiger partial charge in [0.15, 0.2) is 0 Å². The van der Waals surface area contributed by atoms with Gasteiger partial charge in [0.1, 0.15) is 0 Å². The number of carbonyl (C=O) groups is 1. The van der Waals surface area contributed by atoms with Crippen LogP contribution in [0.3, 0.4) is 0 Å². The van der Waals surface area contributed by atoms with Gasteiger partial charge in [0, 0.05) is 27.3 Å². The monoisotopic (exact) mass is 290 g/mol. The molecule has 0 aromatic heterocycles. The summed E-state index contributed by atoms with van der Waals surface area (Å²) >= 11 is 0. The highest BCUT2D eigenvalue weighted by Gasteiger charge is 2.18. The van der Waals surface area contributed by atoms with Gasteiger partial charge in [0.05, 0.1) is 18.8 Å². The lowest BCUT2D eigenvalue weighted by molar-refractivity contribution is -0.127. The highest BCUT2D eigenvalue weighted by Crippen LogP contribution is 2.08. The molecule has 0 saturated heterocycles. The molecule has 0 N–H and O–H groups in total. The summed E-state index contributed by atoms with van der Waals surface area (Å²) in [6.07, 6.45) is 3.25. The fourth-order valence-corrected chi connectivity index (χ4v) is 1.74. The Hall–Kier alpha value is -1.98. The van der Waals surface area contributed by atoms with Crippen LogP contribution in [0.4, 0.5) is 0 Å². The van der Waals surface area contributed by atoms with Gasteiger partial charge < -0.3 is 14.4 Å². The Morgan fingerprint density at radius 3 is 2.19 bits per heavy atom. The zero-order valence-electron chi connectivity index (χ0n) is 12.4. The van der Waals surface area contributed by atoms with E-state index in [2.05, 4.69) is 0 Å². The average Bonchev–Trinajstić information content (AvgIpc) is 2.53. The molecule has 1 amide bonds. The number of carbonyl (C=O) groups excluding carboxylic acids is 2. The number of amides is 1. The average molecular weight is 290 g/mol. The molecule has 1 aromatic rings. The summed E-state index contributed by atoms with van der Waals surface area (Å²) < 4.78 is 9.96. The summed E-state index contributed by atoms with van der Waals surface area (Å²) in [6.45, 7) is 1.58. The third kappa shape index (κ3) is 5.89. The van der Waals surface area contributed by atoms with Crippen LogP contribution < -0.4 is 0 Å². The standard InChI is InChI=1S/C16H20NO4/c1-20-10-8-17(9-11-21-2)16(19)15(13-18)12-14-6-4-3-5-7-14/h3-7,12H,8-11H2,1-2H3. The smallest absolute Gasteiger partial charge is 0.258 e. The number of hydrogen-bond donors (Lipinski definition) is 0. The fraction of sp³-hybridized carbons (Fsp3) is 0.375. The first-order chi connectivity index (χ1) is 10.2. The number of nitrogens with zero attached hydrogens (tertiary/aromatic N) is 1. The number of methoxy groups -OCH3 is 2. The third-order valence-electron chi connectivity index (χ3n) is 2.87. The van der Waals surface area contributed by atoms with Crippen LogP contribution in [0.5, 0.6) is 0 Å².